The first-order valence-electron chi connectivity index (χ1n) is 20.6. The number of aliphatic hydroxyl groups is 1. The Kier molecular flexibility index (Phi) is 20.5. The summed E-state index contributed by atoms with van der Waals surface area (Å²) in [6.07, 6.45) is -3.04. The molecule has 20 heteroatoms. The highest BCUT2D eigenvalue weighted by molar-refractivity contribution is 5.96. The largest absolute Gasteiger partial charge is 0.508 e. The van der Waals surface area contributed by atoms with Gasteiger partial charge in [0.2, 0.25) is 29.5 Å². The number of amides is 6. The summed E-state index contributed by atoms with van der Waals surface area (Å²) in [5, 5.41) is 65.4. The molecule has 13 N–H and O–H groups in total. The highest BCUT2D eigenvalue weighted by Crippen LogP contribution is 2.26. The molecule has 0 aliphatic carbocycles. The van der Waals surface area contributed by atoms with Crippen LogP contribution >= 0.6 is 0 Å². The molecule has 0 saturated carbocycles. The van der Waals surface area contributed by atoms with Crippen LogP contribution in [-0.4, -0.2) is 115 Å². The van der Waals surface area contributed by atoms with Crippen molar-refractivity contribution in [3.05, 3.63) is 59.7 Å². The number of aromatic hydroxyl groups is 2. The molecular formula is C43H63N7O13. The van der Waals surface area contributed by atoms with Gasteiger partial charge >= 0.3 is 11.9 Å². The van der Waals surface area contributed by atoms with E-state index in [1.807, 2.05) is 0 Å². The number of aliphatic hydroxyl groups excluding tert-OH is 1. The van der Waals surface area contributed by atoms with E-state index in [1.54, 1.807) is 85.7 Å². The van der Waals surface area contributed by atoms with Crippen molar-refractivity contribution < 1.29 is 63.9 Å². The SMILES string of the molecule is CC(C)C[C@H](NC(=O)C(NC(=O)[C@@H](N)C(C)C)c1cc(O)cc(O)c1)C(=O)N[C@@H](Cc1ccccc1)C(O)C(=O)N[C@H](C(=O)N[C@H](C(=O)N[C@@H](CC(=O)O)C(=O)O)C(C)C)C(C)C. The Hall–Kier alpha value is -6.28. The van der Waals surface area contributed by atoms with Gasteiger partial charge in [-0.1, -0.05) is 85.7 Å². The van der Waals surface area contributed by atoms with Crippen LogP contribution in [0.25, 0.3) is 0 Å². The van der Waals surface area contributed by atoms with Crippen molar-refractivity contribution in [2.75, 3.05) is 0 Å². The summed E-state index contributed by atoms with van der Waals surface area (Å²) < 4.78 is 0. The second kappa shape index (κ2) is 24.4. The molecule has 0 aliphatic heterocycles. The average molecular weight is 886 g/mol. The van der Waals surface area contributed by atoms with Crippen molar-refractivity contribution in [3.63, 3.8) is 0 Å². The van der Waals surface area contributed by atoms with Crippen molar-refractivity contribution >= 4 is 47.4 Å². The molecule has 20 nitrogen and oxygen atoms in total. The molecular weight excluding hydrogens is 823 g/mol. The van der Waals surface area contributed by atoms with Gasteiger partial charge in [-0.3, -0.25) is 33.6 Å². The highest BCUT2D eigenvalue weighted by Gasteiger charge is 2.37. The van der Waals surface area contributed by atoms with E-state index in [9.17, 15) is 58.8 Å². The number of aliphatic carboxylic acids is 2. The molecule has 2 aromatic rings. The van der Waals surface area contributed by atoms with Crippen LogP contribution in [0.1, 0.15) is 85.4 Å². The maximum atomic E-state index is 14.2. The fourth-order valence-electron chi connectivity index (χ4n) is 6.35. The minimum atomic E-state index is -2.02. The maximum Gasteiger partial charge on any atom is 0.326 e. The van der Waals surface area contributed by atoms with E-state index in [0.29, 0.717) is 5.56 Å². The van der Waals surface area contributed by atoms with Crippen LogP contribution in [0, 0.1) is 23.7 Å². The van der Waals surface area contributed by atoms with E-state index in [4.69, 9.17) is 10.8 Å². The standard InChI is InChI=1S/C43H63N7O13/c1-20(2)14-29(46-41(60)35(50-38(57)32(44)21(3)4)25-16-26(51)18-27(52)17-25)37(56)45-28(15-24-12-10-9-11-13-24)36(55)42(61)49-34(23(7)8)40(59)48-33(22(5)6)39(58)47-30(43(62)63)19-31(53)54/h9-13,16-18,20-23,28-30,32-36,51-52,55H,14-15,19,44H2,1-8H3,(H,45,56)(H,46,60)(H,47,58)(H,48,59)(H,49,61)(H,50,57)(H,53,54)(H,62,63)/t28-,29-,30-,32-,33-,34-,35?,36?/m0/s1. The van der Waals surface area contributed by atoms with Crippen LogP contribution in [-0.2, 0) is 44.8 Å². The molecule has 6 amide bonds. The Morgan fingerprint density at radius 1 is 0.587 bits per heavy atom. The number of phenolic OH excluding ortho intramolecular Hbond substituents is 2. The number of hydrogen-bond donors (Lipinski definition) is 12. The Labute approximate surface area is 366 Å². The lowest BCUT2D eigenvalue weighted by atomic mass is 9.96. The van der Waals surface area contributed by atoms with Crippen LogP contribution in [0.15, 0.2) is 48.5 Å². The van der Waals surface area contributed by atoms with Crippen LogP contribution in [0.3, 0.4) is 0 Å². The van der Waals surface area contributed by atoms with Gasteiger partial charge in [0.05, 0.1) is 18.5 Å². The summed E-state index contributed by atoms with van der Waals surface area (Å²) in [6.45, 7) is 13.2. The number of carbonyl (C=O) groups is 8. The number of rotatable bonds is 24. The fourth-order valence-corrected chi connectivity index (χ4v) is 6.35. The lowest BCUT2D eigenvalue weighted by molar-refractivity contribution is -0.147. The van der Waals surface area contributed by atoms with Crippen molar-refractivity contribution in [2.45, 2.75) is 123 Å². The third kappa shape index (κ3) is 16.8. The lowest BCUT2D eigenvalue weighted by Gasteiger charge is -2.31. The number of nitrogens with one attached hydrogen (secondary N) is 6. The Balaban J connectivity index is 2.45. The van der Waals surface area contributed by atoms with E-state index in [-0.39, 0.29) is 30.2 Å². The molecule has 2 rings (SSSR count). The molecule has 0 saturated heterocycles. The second-order valence-corrected chi connectivity index (χ2v) is 16.9. The number of carboxylic acids is 2. The van der Waals surface area contributed by atoms with Gasteiger partial charge in [0, 0.05) is 6.07 Å². The molecule has 2 unspecified atom stereocenters. The Morgan fingerprint density at radius 2 is 1.10 bits per heavy atom. The van der Waals surface area contributed by atoms with Crippen LogP contribution in [0.5, 0.6) is 11.5 Å². The Bertz CT molecular complexity index is 1910. The Morgan fingerprint density at radius 3 is 1.57 bits per heavy atom. The minimum Gasteiger partial charge on any atom is -0.508 e. The summed E-state index contributed by atoms with van der Waals surface area (Å²) in [5.41, 5.74) is 6.60. The molecule has 0 heterocycles. The summed E-state index contributed by atoms with van der Waals surface area (Å²) in [7, 11) is 0. The second-order valence-electron chi connectivity index (χ2n) is 16.9. The van der Waals surface area contributed by atoms with Gasteiger partial charge in [-0.05, 0) is 59.8 Å². The predicted molar refractivity (Wildman–Crippen MR) is 228 cm³/mol. The van der Waals surface area contributed by atoms with Gasteiger partial charge in [0.1, 0.15) is 41.7 Å². The topological polar surface area (TPSA) is 336 Å². The van der Waals surface area contributed by atoms with Crippen molar-refractivity contribution in [1.82, 2.24) is 31.9 Å². The van der Waals surface area contributed by atoms with Gasteiger partial charge in [-0.2, -0.15) is 0 Å². The molecule has 348 valence electrons. The number of carbonyl (C=O) groups excluding carboxylic acids is 6. The number of phenols is 2. The third-order valence-corrected chi connectivity index (χ3v) is 9.93. The van der Waals surface area contributed by atoms with Crippen molar-refractivity contribution in [3.8, 4) is 11.5 Å². The van der Waals surface area contributed by atoms with Crippen LogP contribution in [0.4, 0.5) is 0 Å². The van der Waals surface area contributed by atoms with Crippen molar-refractivity contribution in [1.29, 1.82) is 0 Å². The summed E-state index contributed by atoms with van der Waals surface area (Å²) >= 11 is 0. The van der Waals surface area contributed by atoms with Gasteiger partial charge < -0.3 is 63.2 Å². The summed E-state index contributed by atoms with van der Waals surface area (Å²) in [6, 6.07) is 1.95. The summed E-state index contributed by atoms with van der Waals surface area (Å²) in [5.74, 6) is -11.2. The smallest absolute Gasteiger partial charge is 0.326 e. The average Bonchev–Trinajstić information content (AvgIpc) is 3.18. The monoisotopic (exact) mass is 885 g/mol. The molecule has 2 aromatic carbocycles. The number of carboxylic acid groups (broad SMARTS) is 2. The van der Waals surface area contributed by atoms with Gasteiger partial charge in [-0.15, -0.1) is 0 Å². The first kappa shape index (κ1) is 52.9. The zero-order chi connectivity index (χ0) is 47.9. The molecule has 0 fully saturated rings. The van der Waals surface area contributed by atoms with E-state index >= 15 is 0 Å². The lowest BCUT2D eigenvalue weighted by Crippen LogP contribution is -2.61. The molecule has 0 spiro atoms. The number of nitrogens with two attached hydrogens (primary N) is 1. The molecule has 0 bridgehead atoms. The van der Waals surface area contributed by atoms with E-state index < -0.39 is 126 Å². The van der Waals surface area contributed by atoms with E-state index in [2.05, 4.69) is 31.9 Å². The number of hydrogen-bond acceptors (Lipinski definition) is 12. The molecule has 0 radical (unpaired) electrons. The molecule has 63 heavy (non-hydrogen) atoms. The maximum absolute atomic E-state index is 14.2. The molecule has 0 aromatic heterocycles. The fraction of sp³-hybridized carbons (Fsp3) is 0.535. The first-order valence-corrected chi connectivity index (χ1v) is 20.6. The van der Waals surface area contributed by atoms with Gasteiger partial charge in [0.15, 0.2) is 6.10 Å². The van der Waals surface area contributed by atoms with Crippen LogP contribution < -0.4 is 37.6 Å². The highest BCUT2D eigenvalue weighted by atomic mass is 16.4. The normalized spacial score (nSPS) is 15.2. The van der Waals surface area contributed by atoms with Gasteiger partial charge in [-0.25, -0.2) is 4.79 Å². The number of benzene rings is 2. The van der Waals surface area contributed by atoms with Gasteiger partial charge in [0.25, 0.3) is 5.91 Å². The quantitative estimate of drug-likeness (QED) is 0.0670. The minimum absolute atomic E-state index is 0.0269. The van der Waals surface area contributed by atoms with Crippen molar-refractivity contribution in [2.24, 2.45) is 29.4 Å². The molecule has 8 atom stereocenters. The third-order valence-electron chi connectivity index (χ3n) is 9.93. The molecule has 0 aliphatic rings. The zero-order valence-corrected chi connectivity index (χ0v) is 36.7. The van der Waals surface area contributed by atoms with Crippen LogP contribution in [0.2, 0.25) is 0 Å². The first-order chi connectivity index (χ1) is 29.3. The predicted octanol–water partition coefficient (Wildman–Crippen LogP) is 0.183. The summed E-state index contributed by atoms with van der Waals surface area (Å²) in [4.78, 5) is 105. The zero-order valence-electron chi connectivity index (χ0n) is 36.7. The van der Waals surface area contributed by atoms with E-state index in [1.165, 1.54) is 0 Å². The van der Waals surface area contributed by atoms with E-state index in [0.717, 1.165) is 18.2 Å².